The van der Waals surface area contributed by atoms with Gasteiger partial charge in [-0.15, -0.1) is 0 Å². The van der Waals surface area contributed by atoms with Gasteiger partial charge in [-0.2, -0.15) is 18.2 Å². The molecule has 32 heavy (non-hydrogen) atoms. The predicted molar refractivity (Wildman–Crippen MR) is 114 cm³/mol. The predicted octanol–water partition coefficient (Wildman–Crippen LogP) is 5.30. The fourth-order valence-electron chi connectivity index (χ4n) is 3.65. The van der Waals surface area contributed by atoms with Gasteiger partial charge in [0, 0.05) is 12.1 Å². The summed E-state index contributed by atoms with van der Waals surface area (Å²) in [5.41, 5.74) is 4.86. The van der Waals surface area contributed by atoms with Gasteiger partial charge in [-0.05, 0) is 43.9 Å². The number of ether oxygens (including phenoxy) is 1. The topological polar surface area (TPSA) is 101 Å². The molecule has 1 aliphatic heterocycles. The number of rotatable bonds is 9. The van der Waals surface area contributed by atoms with Crippen LogP contribution < -0.4 is 10.5 Å². The molecule has 3 rings (SSSR count). The maximum Gasteiger partial charge on any atom is 0.419 e. The Morgan fingerprint density at radius 1 is 1.34 bits per heavy atom. The Bertz CT molecular complexity index is 942. The van der Waals surface area contributed by atoms with Gasteiger partial charge in [0.2, 0.25) is 11.7 Å². The molecule has 1 fully saturated rings. The van der Waals surface area contributed by atoms with Crippen LogP contribution in [-0.2, 0) is 6.18 Å². The van der Waals surface area contributed by atoms with Crippen molar-refractivity contribution in [3.05, 3.63) is 41.8 Å². The van der Waals surface area contributed by atoms with Gasteiger partial charge in [0.15, 0.2) is 5.96 Å². The van der Waals surface area contributed by atoms with Crippen molar-refractivity contribution in [2.45, 2.75) is 57.7 Å². The Hall–Kier alpha value is -3.04. The number of guanidine groups is 1. The molecular weight excluding hydrogens is 423 g/mol. The van der Waals surface area contributed by atoms with E-state index in [-0.39, 0.29) is 41.6 Å². The van der Waals surface area contributed by atoms with Gasteiger partial charge in [0.25, 0.3) is 0 Å². The molecule has 0 radical (unpaired) electrons. The fourth-order valence-corrected chi connectivity index (χ4v) is 3.65. The highest BCUT2D eigenvalue weighted by Crippen LogP contribution is 2.39. The standard InChI is InChI=1S/C22H28F3N5O2/c1-2-3-4-5-6-7-13-31-18-11-10-15(14-16(18)22(23,24)25)19-28-20(32-29-19)17-9-8-12-30(17)21(26)27/h6-7,10-11,14,17H,2-5,8-9,12-13H2,1H3,(H3,26,27)/t17-/m0/s1. The van der Waals surface area contributed by atoms with E-state index in [2.05, 4.69) is 17.1 Å². The second-order valence-corrected chi connectivity index (χ2v) is 7.68. The summed E-state index contributed by atoms with van der Waals surface area (Å²) in [6, 6.07) is 3.37. The molecule has 1 atom stereocenters. The number of hydrogen-bond acceptors (Lipinski definition) is 5. The van der Waals surface area contributed by atoms with Gasteiger partial charge in [-0.25, -0.2) is 0 Å². The van der Waals surface area contributed by atoms with Gasteiger partial charge < -0.3 is 19.9 Å². The Morgan fingerprint density at radius 2 is 2.16 bits per heavy atom. The summed E-state index contributed by atoms with van der Waals surface area (Å²) in [6.45, 7) is 2.76. The van der Waals surface area contributed by atoms with Crippen LogP contribution in [0.5, 0.6) is 5.75 Å². The quantitative estimate of drug-likeness (QED) is 0.232. The summed E-state index contributed by atoms with van der Waals surface area (Å²) in [7, 11) is 0. The lowest BCUT2D eigenvalue weighted by Crippen LogP contribution is -2.35. The van der Waals surface area contributed by atoms with E-state index >= 15 is 0 Å². The molecule has 7 nitrogen and oxygen atoms in total. The molecule has 3 N–H and O–H groups in total. The zero-order valence-electron chi connectivity index (χ0n) is 18.0. The molecule has 0 aliphatic carbocycles. The van der Waals surface area contributed by atoms with Crippen LogP contribution in [0.3, 0.4) is 0 Å². The number of hydrogen-bond donors (Lipinski definition) is 2. The first-order valence-electron chi connectivity index (χ1n) is 10.7. The van der Waals surface area contributed by atoms with E-state index in [1.165, 1.54) is 12.1 Å². The minimum Gasteiger partial charge on any atom is -0.489 e. The molecule has 1 aliphatic rings. The van der Waals surface area contributed by atoms with E-state index in [4.69, 9.17) is 20.4 Å². The SMILES string of the molecule is CCCCCC=CCOc1ccc(-c2noc([C@@H]3CCCN3C(=N)N)n2)cc1C(F)(F)F. The van der Waals surface area contributed by atoms with E-state index in [0.717, 1.165) is 38.2 Å². The lowest BCUT2D eigenvalue weighted by atomic mass is 10.1. The Labute approximate surface area is 184 Å². The Kier molecular flexibility index (Phi) is 7.76. The number of alkyl halides is 3. The first-order valence-corrected chi connectivity index (χ1v) is 10.7. The van der Waals surface area contributed by atoms with Crippen LogP contribution in [0.4, 0.5) is 13.2 Å². The van der Waals surface area contributed by atoms with E-state index in [0.29, 0.717) is 13.0 Å². The summed E-state index contributed by atoms with van der Waals surface area (Å²) in [6.07, 6.45) is 4.70. The van der Waals surface area contributed by atoms with Crippen molar-refractivity contribution in [3.63, 3.8) is 0 Å². The highest BCUT2D eigenvalue weighted by molar-refractivity contribution is 5.75. The summed E-state index contributed by atoms with van der Waals surface area (Å²) in [5, 5.41) is 11.5. The molecule has 1 aromatic heterocycles. The Morgan fingerprint density at radius 3 is 2.88 bits per heavy atom. The number of nitrogens with one attached hydrogen (secondary N) is 1. The summed E-state index contributed by atoms with van der Waals surface area (Å²) >= 11 is 0. The van der Waals surface area contributed by atoms with Crippen LogP contribution in [-0.4, -0.2) is 34.2 Å². The van der Waals surface area contributed by atoms with E-state index < -0.39 is 11.7 Å². The highest BCUT2D eigenvalue weighted by Gasteiger charge is 2.36. The first-order chi connectivity index (χ1) is 15.3. The van der Waals surface area contributed by atoms with E-state index in [1.807, 2.05) is 6.08 Å². The highest BCUT2D eigenvalue weighted by atomic mass is 19.4. The van der Waals surface area contributed by atoms with E-state index in [9.17, 15) is 13.2 Å². The molecule has 2 heterocycles. The average Bonchev–Trinajstić information content (AvgIpc) is 3.42. The minimum absolute atomic E-state index is 0.0447. The van der Waals surface area contributed by atoms with E-state index in [1.54, 1.807) is 11.0 Å². The van der Waals surface area contributed by atoms with Crippen molar-refractivity contribution in [1.82, 2.24) is 15.0 Å². The normalized spacial score (nSPS) is 16.8. The molecule has 1 aromatic carbocycles. The smallest absolute Gasteiger partial charge is 0.419 e. The molecule has 2 aromatic rings. The van der Waals surface area contributed by atoms with Crippen molar-refractivity contribution >= 4 is 5.96 Å². The zero-order valence-corrected chi connectivity index (χ0v) is 18.0. The van der Waals surface area contributed by atoms with Crippen LogP contribution >= 0.6 is 0 Å². The molecule has 0 amide bonds. The van der Waals surface area contributed by atoms with Crippen LogP contribution in [0, 0.1) is 5.41 Å². The number of benzene rings is 1. The van der Waals surface area contributed by atoms with Crippen molar-refractivity contribution in [3.8, 4) is 17.1 Å². The molecule has 10 heteroatoms. The third-order valence-electron chi connectivity index (χ3n) is 5.31. The third kappa shape index (κ3) is 5.80. The molecule has 0 unspecified atom stereocenters. The average molecular weight is 451 g/mol. The minimum atomic E-state index is -4.60. The number of aromatic nitrogens is 2. The number of nitrogens with two attached hydrogens (primary N) is 1. The number of likely N-dealkylation sites (tertiary alicyclic amines) is 1. The molecular formula is C22H28F3N5O2. The second kappa shape index (κ2) is 10.5. The van der Waals surface area contributed by atoms with Crippen LogP contribution in [0.1, 0.15) is 62.9 Å². The monoisotopic (exact) mass is 451 g/mol. The van der Waals surface area contributed by atoms with Crippen molar-refractivity contribution in [2.24, 2.45) is 5.73 Å². The lowest BCUT2D eigenvalue weighted by Gasteiger charge is -2.21. The summed E-state index contributed by atoms with van der Waals surface area (Å²) < 4.78 is 51.6. The molecule has 0 bridgehead atoms. The van der Waals surface area contributed by atoms with Crippen LogP contribution in [0.25, 0.3) is 11.4 Å². The van der Waals surface area contributed by atoms with Gasteiger partial charge in [0.1, 0.15) is 18.4 Å². The largest absolute Gasteiger partial charge is 0.489 e. The van der Waals surface area contributed by atoms with Crippen molar-refractivity contribution < 1.29 is 22.4 Å². The van der Waals surface area contributed by atoms with Gasteiger partial charge in [0.05, 0.1) is 5.56 Å². The van der Waals surface area contributed by atoms with Crippen molar-refractivity contribution in [1.29, 1.82) is 5.41 Å². The lowest BCUT2D eigenvalue weighted by molar-refractivity contribution is -0.138. The Balaban J connectivity index is 1.75. The van der Waals surface area contributed by atoms with Crippen LogP contribution in [0.15, 0.2) is 34.9 Å². The molecule has 1 saturated heterocycles. The maximum absolute atomic E-state index is 13.6. The number of halogens is 3. The zero-order chi connectivity index (χ0) is 23.1. The summed E-state index contributed by atoms with van der Waals surface area (Å²) in [5.74, 6) is -0.0766. The third-order valence-corrected chi connectivity index (χ3v) is 5.31. The number of nitrogens with zero attached hydrogens (tertiary/aromatic N) is 3. The van der Waals surface area contributed by atoms with Gasteiger partial charge in [-0.3, -0.25) is 5.41 Å². The second-order valence-electron chi connectivity index (χ2n) is 7.68. The summed E-state index contributed by atoms with van der Waals surface area (Å²) in [4.78, 5) is 5.90. The molecule has 0 spiro atoms. The fraction of sp³-hybridized carbons (Fsp3) is 0.500. The number of allylic oxidation sites excluding steroid dienone is 1. The molecule has 174 valence electrons. The maximum atomic E-state index is 13.6. The first kappa shape index (κ1) is 23.6. The van der Waals surface area contributed by atoms with Crippen LogP contribution in [0.2, 0.25) is 0 Å². The van der Waals surface area contributed by atoms with Gasteiger partial charge >= 0.3 is 6.18 Å². The van der Waals surface area contributed by atoms with Gasteiger partial charge in [-0.1, -0.05) is 37.1 Å². The molecule has 0 saturated carbocycles. The number of unbranched alkanes of at least 4 members (excludes halogenated alkanes) is 3. The van der Waals surface area contributed by atoms with Crippen molar-refractivity contribution in [2.75, 3.05) is 13.2 Å².